The number of H-pyrrole nitrogens is 1. The molecule has 1 aromatic heterocycles. The minimum absolute atomic E-state index is 0.175. The molecule has 1 amide bonds. The molecule has 0 spiro atoms. The summed E-state index contributed by atoms with van der Waals surface area (Å²) in [5, 5.41) is 2.94. The van der Waals surface area contributed by atoms with E-state index < -0.39 is 11.9 Å². The monoisotopic (exact) mass is 390 g/mol. The minimum Gasteiger partial charge on any atom is -0.496 e. The fraction of sp³-hybridized carbons (Fsp3) is 0.217. The number of benzene rings is 2. The number of aromatic nitrogens is 1. The molecule has 1 atom stereocenters. The fourth-order valence-corrected chi connectivity index (χ4v) is 4.03. The topological polar surface area (TPSA) is 80.4 Å². The number of ether oxygens (including phenoxy) is 2. The summed E-state index contributed by atoms with van der Waals surface area (Å²) in [6.45, 7) is 3.78. The van der Waals surface area contributed by atoms with Crippen LogP contribution in [0.3, 0.4) is 0 Å². The van der Waals surface area contributed by atoms with Gasteiger partial charge in [0.1, 0.15) is 5.75 Å². The van der Waals surface area contributed by atoms with Gasteiger partial charge in [-0.1, -0.05) is 29.8 Å². The van der Waals surface area contributed by atoms with Crippen LogP contribution in [0.25, 0.3) is 11.3 Å². The Hall–Kier alpha value is -3.54. The molecular weight excluding hydrogens is 368 g/mol. The van der Waals surface area contributed by atoms with E-state index in [4.69, 9.17) is 9.47 Å². The van der Waals surface area contributed by atoms with Crippen LogP contribution in [0.4, 0.5) is 5.69 Å². The van der Waals surface area contributed by atoms with Gasteiger partial charge in [-0.05, 0) is 37.6 Å². The second-order valence-electron chi connectivity index (χ2n) is 7.12. The Balaban J connectivity index is 2.04. The third-order valence-corrected chi connectivity index (χ3v) is 5.32. The van der Waals surface area contributed by atoms with Crippen LogP contribution in [0.5, 0.6) is 5.75 Å². The number of carbonyl (C=O) groups excluding carboxylic acids is 2. The van der Waals surface area contributed by atoms with Crippen molar-refractivity contribution in [3.05, 3.63) is 70.4 Å². The molecule has 2 aromatic carbocycles. The van der Waals surface area contributed by atoms with Crippen molar-refractivity contribution in [2.75, 3.05) is 19.5 Å². The first-order valence-corrected chi connectivity index (χ1v) is 9.31. The minimum atomic E-state index is -0.635. The maximum Gasteiger partial charge on any atom is 0.340 e. The predicted octanol–water partition coefficient (Wildman–Crippen LogP) is 4.18. The molecule has 1 unspecified atom stereocenters. The van der Waals surface area contributed by atoms with Crippen molar-refractivity contribution in [2.24, 2.45) is 0 Å². The lowest BCUT2D eigenvalue weighted by molar-refractivity contribution is -0.116. The summed E-state index contributed by atoms with van der Waals surface area (Å²) in [6, 6.07) is 13.3. The third-order valence-electron chi connectivity index (χ3n) is 5.32. The predicted molar refractivity (Wildman–Crippen MR) is 111 cm³/mol. The second-order valence-corrected chi connectivity index (χ2v) is 7.12. The van der Waals surface area contributed by atoms with Crippen molar-refractivity contribution in [3.63, 3.8) is 0 Å². The summed E-state index contributed by atoms with van der Waals surface area (Å²) in [5.41, 5.74) is 5.70. The quantitative estimate of drug-likeness (QED) is 0.655. The zero-order valence-corrected chi connectivity index (χ0v) is 16.8. The number of para-hydroxylation sites is 1. The lowest BCUT2D eigenvalue weighted by Gasteiger charge is -2.15. The number of methoxy groups -OCH3 is 2. The van der Waals surface area contributed by atoms with Crippen molar-refractivity contribution in [2.45, 2.75) is 19.8 Å². The Morgan fingerprint density at radius 3 is 2.55 bits per heavy atom. The summed E-state index contributed by atoms with van der Waals surface area (Å²) in [6.07, 6.45) is 0. The van der Waals surface area contributed by atoms with E-state index in [1.54, 1.807) is 14.0 Å². The molecule has 3 aromatic rings. The Bertz CT molecular complexity index is 1130. The number of hydrogen-bond donors (Lipinski definition) is 2. The van der Waals surface area contributed by atoms with Gasteiger partial charge < -0.3 is 19.8 Å². The summed E-state index contributed by atoms with van der Waals surface area (Å²) < 4.78 is 10.6. The Labute approximate surface area is 168 Å². The maximum atomic E-state index is 13.0. The Kier molecular flexibility index (Phi) is 4.62. The number of nitrogens with one attached hydrogen (secondary N) is 2. The molecule has 1 aliphatic heterocycles. The highest BCUT2D eigenvalue weighted by atomic mass is 16.5. The SMILES string of the molecule is COC(=O)c1c(C)[nH]c(-c2ccccc2OC)c1C1C(=O)Nc2ccc(C)cc21. The van der Waals surface area contributed by atoms with Gasteiger partial charge in [0.25, 0.3) is 0 Å². The smallest absolute Gasteiger partial charge is 0.340 e. The van der Waals surface area contributed by atoms with Gasteiger partial charge in [-0.25, -0.2) is 4.79 Å². The van der Waals surface area contributed by atoms with E-state index in [1.165, 1.54) is 7.11 Å². The number of hydrogen-bond acceptors (Lipinski definition) is 4. The van der Waals surface area contributed by atoms with Crippen LogP contribution in [0, 0.1) is 13.8 Å². The summed E-state index contributed by atoms with van der Waals surface area (Å²) in [4.78, 5) is 29.0. The Morgan fingerprint density at radius 1 is 1.07 bits per heavy atom. The van der Waals surface area contributed by atoms with Gasteiger partial charge in [0.05, 0.1) is 31.4 Å². The van der Waals surface area contributed by atoms with Crippen LogP contribution >= 0.6 is 0 Å². The van der Waals surface area contributed by atoms with Gasteiger partial charge in [0.2, 0.25) is 5.91 Å². The highest BCUT2D eigenvalue weighted by Gasteiger charge is 2.39. The molecule has 2 N–H and O–H groups in total. The molecule has 0 saturated heterocycles. The molecule has 0 fully saturated rings. The molecule has 1 aliphatic rings. The number of rotatable bonds is 4. The van der Waals surface area contributed by atoms with E-state index in [-0.39, 0.29) is 5.91 Å². The van der Waals surface area contributed by atoms with Crippen molar-refractivity contribution < 1.29 is 19.1 Å². The van der Waals surface area contributed by atoms with E-state index in [2.05, 4.69) is 10.3 Å². The van der Waals surface area contributed by atoms with Crippen molar-refractivity contribution >= 4 is 17.6 Å². The number of anilines is 1. The normalized spacial score (nSPS) is 15.0. The number of carbonyl (C=O) groups is 2. The zero-order valence-electron chi connectivity index (χ0n) is 16.8. The summed E-state index contributed by atoms with van der Waals surface area (Å²) in [7, 11) is 2.94. The molecule has 29 heavy (non-hydrogen) atoms. The van der Waals surface area contributed by atoms with E-state index in [0.717, 1.165) is 22.4 Å². The number of aromatic amines is 1. The lowest BCUT2D eigenvalue weighted by atomic mass is 9.87. The van der Waals surface area contributed by atoms with Crippen LogP contribution in [-0.4, -0.2) is 31.1 Å². The third kappa shape index (κ3) is 2.97. The molecule has 6 heteroatoms. The van der Waals surface area contributed by atoms with Gasteiger partial charge in [0, 0.05) is 22.5 Å². The van der Waals surface area contributed by atoms with Gasteiger partial charge in [-0.3, -0.25) is 4.79 Å². The van der Waals surface area contributed by atoms with Crippen LogP contribution in [-0.2, 0) is 9.53 Å². The number of aryl methyl sites for hydroxylation is 2. The maximum absolute atomic E-state index is 13.0. The second kappa shape index (κ2) is 7.13. The summed E-state index contributed by atoms with van der Waals surface area (Å²) in [5.74, 6) is -0.646. The van der Waals surface area contributed by atoms with Crippen LogP contribution in [0.1, 0.15) is 38.7 Å². The largest absolute Gasteiger partial charge is 0.496 e. The summed E-state index contributed by atoms with van der Waals surface area (Å²) >= 11 is 0. The molecule has 0 aliphatic carbocycles. The van der Waals surface area contributed by atoms with E-state index in [0.29, 0.717) is 28.3 Å². The molecule has 4 rings (SSSR count). The standard InChI is InChI=1S/C23H22N2O4/c1-12-9-10-16-15(11-12)19(22(26)25-16)20-18(23(27)29-4)13(2)24-21(20)14-7-5-6-8-17(14)28-3/h5-11,19,24H,1-4H3,(H,25,26). The van der Waals surface area contributed by atoms with E-state index >= 15 is 0 Å². The van der Waals surface area contributed by atoms with Crippen molar-refractivity contribution in [1.29, 1.82) is 0 Å². The van der Waals surface area contributed by atoms with Crippen LogP contribution in [0.2, 0.25) is 0 Å². The number of amides is 1. The van der Waals surface area contributed by atoms with Crippen molar-refractivity contribution in [3.8, 4) is 17.0 Å². The molecule has 0 saturated carbocycles. The van der Waals surface area contributed by atoms with Gasteiger partial charge >= 0.3 is 5.97 Å². The number of esters is 1. The lowest BCUT2D eigenvalue weighted by Crippen LogP contribution is -2.17. The van der Waals surface area contributed by atoms with Crippen LogP contribution < -0.4 is 10.1 Å². The highest BCUT2D eigenvalue weighted by Crippen LogP contribution is 2.45. The first kappa shape index (κ1) is 18.8. The molecule has 148 valence electrons. The van der Waals surface area contributed by atoms with E-state index in [9.17, 15) is 9.59 Å². The van der Waals surface area contributed by atoms with Gasteiger partial charge in [-0.15, -0.1) is 0 Å². The molecule has 6 nitrogen and oxygen atoms in total. The fourth-order valence-electron chi connectivity index (χ4n) is 4.03. The first-order valence-electron chi connectivity index (χ1n) is 9.31. The zero-order chi connectivity index (χ0) is 20.7. The molecule has 0 bridgehead atoms. The molecule has 0 radical (unpaired) electrons. The van der Waals surface area contributed by atoms with Gasteiger partial charge in [-0.2, -0.15) is 0 Å². The molecular formula is C23H22N2O4. The number of fused-ring (bicyclic) bond motifs is 1. The van der Waals surface area contributed by atoms with E-state index in [1.807, 2.05) is 49.4 Å². The average Bonchev–Trinajstić information content (AvgIpc) is 3.22. The highest BCUT2D eigenvalue weighted by molar-refractivity contribution is 6.09. The molecule has 2 heterocycles. The van der Waals surface area contributed by atoms with Crippen LogP contribution in [0.15, 0.2) is 42.5 Å². The van der Waals surface area contributed by atoms with Gasteiger partial charge in [0.15, 0.2) is 0 Å². The first-order chi connectivity index (χ1) is 14.0. The van der Waals surface area contributed by atoms with Crippen molar-refractivity contribution in [1.82, 2.24) is 4.98 Å². The Morgan fingerprint density at radius 2 is 1.83 bits per heavy atom. The average molecular weight is 390 g/mol.